The molecule has 1 amide bonds. The molecule has 0 unspecified atom stereocenters. The lowest BCUT2D eigenvalue weighted by Crippen LogP contribution is -2.36. The number of carbonyl (C=O) groups excluding carboxylic acids is 1. The van der Waals surface area contributed by atoms with Gasteiger partial charge in [-0.15, -0.1) is 0 Å². The molecule has 6 heteroatoms. The zero-order valence-corrected chi connectivity index (χ0v) is 17.3. The molecule has 0 spiro atoms. The first-order valence-corrected chi connectivity index (χ1v) is 10.2. The average molecular weight is 407 g/mol. The molecule has 5 nitrogen and oxygen atoms in total. The summed E-state index contributed by atoms with van der Waals surface area (Å²) in [7, 11) is 0. The summed E-state index contributed by atoms with van der Waals surface area (Å²) in [5.41, 5.74) is 4.66. The van der Waals surface area contributed by atoms with Gasteiger partial charge < -0.3 is 19.5 Å². The summed E-state index contributed by atoms with van der Waals surface area (Å²) in [5, 5.41) is 2.84. The average Bonchev–Trinajstić information content (AvgIpc) is 3.04. The highest BCUT2D eigenvalue weighted by Crippen LogP contribution is 2.25. The van der Waals surface area contributed by atoms with Gasteiger partial charge in [0.2, 0.25) is 0 Å². The normalized spacial score (nSPS) is 14.0. The van der Waals surface area contributed by atoms with Crippen LogP contribution in [0, 0.1) is 19.7 Å². The summed E-state index contributed by atoms with van der Waals surface area (Å²) >= 11 is 0. The lowest BCUT2D eigenvalue weighted by molar-refractivity contribution is 0.102. The Bertz CT molecular complexity index is 1040. The van der Waals surface area contributed by atoms with Crippen LogP contribution in [-0.2, 0) is 11.3 Å². The summed E-state index contributed by atoms with van der Waals surface area (Å²) in [5.74, 6) is -0.579. The Hall–Kier alpha value is -3.12. The number of benzene rings is 2. The summed E-state index contributed by atoms with van der Waals surface area (Å²) < 4.78 is 22.1. The molecule has 1 aliphatic heterocycles. The number of hydrogen-bond donors (Lipinski definition) is 1. The van der Waals surface area contributed by atoms with E-state index in [4.69, 9.17) is 4.74 Å². The van der Waals surface area contributed by atoms with Gasteiger partial charge in [-0.3, -0.25) is 4.79 Å². The van der Waals surface area contributed by atoms with Crippen molar-refractivity contribution < 1.29 is 13.9 Å². The van der Waals surface area contributed by atoms with Gasteiger partial charge in [-0.05, 0) is 43.7 Å². The molecular weight excluding hydrogens is 381 g/mol. The van der Waals surface area contributed by atoms with Crippen molar-refractivity contribution in [1.82, 2.24) is 4.57 Å². The Labute approximate surface area is 176 Å². The predicted molar refractivity (Wildman–Crippen MR) is 117 cm³/mol. The lowest BCUT2D eigenvalue weighted by Gasteiger charge is -2.29. The van der Waals surface area contributed by atoms with E-state index in [1.807, 2.05) is 43.0 Å². The number of ether oxygens (including phenoxy) is 1. The number of rotatable bonds is 5. The Morgan fingerprint density at radius 1 is 1.07 bits per heavy atom. The first-order chi connectivity index (χ1) is 14.5. The number of aryl methyl sites for hydroxylation is 1. The minimum absolute atomic E-state index is 0.235. The van der Waals surface area contributed by atoms with E-state index in [9.17, 15) is 9.18 Å². The van der Waals surface area contributed by atoms with Gasteiger partial charge in [-0.1, -0.05) is 30.3 Å². The second kappa shape index (κ2) is 8.71. The van der Waals surface area contributed by atoms with E-state index in [1.54, 1.807) is 12.1 Å². The number of halogens is 1. The van der Waals surface area contributed by atoms with Crippen LogP contribution >= 0.6 is 0 Å². The molecule has 0 radical (unpaired) electrons. The fourth-order valence-corrected chi connectivity index (χ4v) is 3.88. The number of morpholine rings is 1. The molecule has 2 aromatic carbocycles. The van der Waals surface area contributed by atoms with Crippen LogP contribution in [0.4, 0.5) is 15.8 Å². The van der Waals surface area contributed by atoms with Crippen LogP contribution in [-0.4, -0.2) is 36.8 Å². The highest BCUT2D eigenvalue weighted by Gasteiger charge is 2.18. The highest BCUT2D eigenvalue weighted by atomic mass is 19.1. The first-order valence-electron chi connectivity index (χ1n) is 10.2. The number of nitrogens with one attached hydrogen (secondary N) is 1. The zero-order valence-electron chi connectivity index (χ0n) is 17.3. The van der Waals surface area contributed by atoms with Gasteiger partial charge in [0.1, 0.15) is 5.82 Å². The van der Waals surface area contributed by atoms with Crippen molar-refractivity contribution in [2.75, 3.05) is 36.5 Å². The van der Waals surface area contributed by atoms with E-state index in [2.05, 4.69) is 22.0 Å². The highest BCUT2D eigenvalue weighted by molar-refractivity contribution is 6.05. The van der Waals surface area contributed by atoms with Gasteiger partial charge in [0, 0.05) is 36.7 Å². The van der Waals surface area contributed by atoms with Gasteiger partial charge >= 0.3 is 0 Å². The predicted octanol–water partition coefficient (Wildman–Crippen LogP) is 4.38. The molecule has 1 N–H and O–H groups in total. The Morgan fingerprint density at radius 3 is 2.50 bits per heavy atom. The van der Waals surface area contributed by atoms with Gasteiger partial charge in [0.05, 0.1) is 24.5 Å². The number of carbonyl (C=O) groups is 1. The molecule has 4 rings (SSSR count). The van der Waals surface area contributed by atoms with E-state index in [-0.39, 0.29) is 11.7 Å². The van der Waals surface area contributed by atoms with E-state index in [1.165, 1.54) is 11.6 Å². The van der Waals surface area contributed by atoms with Crippen LogP contribution in [0.15, 0.2) is 54.6 Å². The molecule has 1 aliphatic rings. The van der Waals surface area contributed by atoms with E-state index < -0.39 is 0 Å². The summed E-state index contributed by atoms with van der Waals surface area (Å²) in [6.45, 7) is 7.14. The fourth-order valence-electron chi connectivity index (χ4n) is 3.88. The Morgan fingerprint density at radius 2 is 1.80 bits per heavy atom. The summed E-state index contributed by atoms with van der Waals surface area (Å²) in [6.07, 6.45) is 0. The molecule has 1 aromatic heterocycles. The molecule has 0 atom stereocenters. The third-order valence-corrected chi connectivity index (χ3v) is 5.56. The quantitative estimate of drug-likeness (QED) is 0.683. The molecule has 0 saturated carbocycles. The zero-order chi connectivity index (χ0) is 21.1. The number of hydrogen-bond acceptors (Lipinski definition) is 3. The van der Waals surface area contributed by atoms with Crippen LogP contribution in [0.25, 0.3) is 0 Å². The third kappa shape index (κ3) is 4.24. The monoisotopic (exact) mass is 407 g/mol. The molecular formula is C24H26FN3O2. The van der Waals surface area contributed by atoms with Gasteiger partial charge in [-0.2, -0.15) is 0 Å². The summed E-state index contributed by atoms with van der Waals surface area (Å²) in [6, 6.07) is 16.9. The van der Waals surface area contributed by atoms with Crippen molar-refractivity contribution >= 4 is 17.3 Å². The van der Waals surface area contributed by atoms with Crippen molar-refractivity contribution in [3.8, 4) is 0 Å². The smallest absolute Gasteiger partial charge is 0.257 e. The van der Waals surface area contributed by atoms with Crippen molar-refractivity contribution in [3.05, 3.63) is 82.9 Å². The van der Waals surface area contributed by atoms with Crippen LogP contribution in [0.5, 0.6) is 0 Å². The van der Waals surface area contributed by atoms with E-state index in [0.29, 0.717) is 49.8 Å². The van der Waals surface area contributed by atoms with Crippen molar-refractivity contribution in [2.24, 2.45) is 0 Å². The molecule has 2 heterocycles. The molecule has 30 heavy (non-hydrogen) atoms. The van der Waals surface area contributed by atoms with Crippen molar-refractivity contribution in [2.45, 2.75) is 20.4 Å². The van der Waals surface area contributed by atoms with Gasteiger partial charge in [0.15, 0.2) is 0 Å². The molecule has 0 aliphatic carbocycles. The number of amides is 1. The molecule has 1 fully saturated rings. The van der Waals surface area contributed by atoms with Crippen molar-refractivity contribution in [1.29, 1.82) is 0 Å². The third-order valence-electron chi connectivity index (χ3n) is 5.56. The SMILES string of the molecule is Cc1cc(C(=O)Nc2ccc(N3CCOCC3)c(F)c2)c(C)n1Cc1ccccc1. The van der Waals surface area contributed by atoms with Gasteiger partial charge in [-0.25, -0.2) is 4.39 Å². The Kier molecular flexibility index (Phi) is 5.86. The molecule has 3 aromatic rings. The molecule has 0 bridgehead atoms. The lowest BCUT2D eigenvalue weighted by atomic mass is 10.2. The minimum Gasteiger partial charge on any atom is -0.378 e. The van der Waals surface area contributed by atoms with E-state index in [0.717, 1.165) is 11.4 Å². The minimum atomic E-state index is -0.343. The van der Waals surface area contributed by atoms with E-state index >= 15 is 0 Å². The number of aromatic nitrogens is 1. The Balaban J connectivity index is 1.50. The van der Waals surface area contributed by atoms with Crippen LogP contribution in [0.2, 0.25) is 0 Å². The van der Waals surface area contributed by atoms with Gasteiger partial charge in [0.25, 0.3) is 5.91 Å². The second-order valence-corrected chi connectivity index (χ2v) is 7.58. The van der Waals surface area contributed by atoms with Crippen LogP contribution < -0.4 is 10.2 Å². The fraction of sp³-hybridized carbons (Fsp3) is 0.292. The molecule has 1 saturated heterocycles. The first kappa shape index (κ1) is 20.2. The van der Waals surface area contributed by atoms with Crippen molar-refractivity contribution in [3.63, 3.8) is 0 Å². The standard InChI is InChI=1S/C24H26FN3O2/c1-17-14-21(18(2)28(17)16-19-6-4-3-5-7-19)24(29)26-20-8-9-23(22(25)15-20)27-10-12-30-13-11-27/h3-9,14-15H,10-13,16H2,1-2H3,(H,26,29). The maximum Gasteiger partial charge on any atom is 0.257 e. The second-order valence-electron chi connectivity index (χ2n) is 7.58. The molecule has 156 valence electrons. The largest absolute Gasteiger partial charge is 0.378 e. The topological polar surface area (TPSA) is 46.5 Å². The van der Waals surface area contributed by atoms with Crippen LogP contribution in [0.3, 0.4) is 0 Å². The maximum atomic E-state index is 14.6. The maximum absolute atomic E-state index is 14.6. The number of nitrogens with zero attached hydrogens (tertiary/aromatic N) is 2. The van der Waals surface area contributed by atoms with Crippen LogP contribution in [0.1, 0.15) is 27.3 Å². The summed E-state index contributed by atoms with van der Waals surface area (Å²) in [4.78, 5) is 14.8. The number of anilines is 2.